The third-order valence-electron chi connectivity index (χ3n) is 5.48. The minimum absolute atomic E-state index is 0.0590. The van der Waals surface area contributed by atoms with E-state index in [2.05, 4.69) is 12.1 Å². The van der Waals surface area contributed by atoms with E-state index in [1.54, 1.807) is 4.90 Å². The fourth-order valence-electron chi connectivity index (χ4n) is 3.84. The van der Waals surface area contributed by atoms with Crippen LogP contribution in [0.2, 0.25) is 0 Å². The van der Waals surface area contributed by atoms with Crippen LogP contribution in [0.3, 0.4) is 0 Å². The van der Waals surface area contributed by atoms with Crippen LogP contribution in [0.1, 0.15) is 27.4 Å². The molecule has 0 unspecified atom stereocenters. The molecule has 0 aliphatic carbocycles. The maximum absolute atomic E-state index is 13.5. The summed E-state index contributed by atoms with van der Waals surface area (Å²) in [6.45, 7) is 2.92. The van der Waals surface area contributed by atoms with Crippen molar-refractivity contribution in [3.63, 3.8) is 0 Å². The van der Waals surface area contributed by atoms with Gasteiger partial charge in [-0.25, -0.2) is 0 Å². The first kappa shape index (κ1) is 19.9. The Kier molecular flexibility index (Phi) is 5.38. The Morgan fingerprint density at radius 3 is 2.31 bits per heavy atom. The number of fused-ring (bicyclic) bond motifs is 1. The number of hydrogen-bond acceptors (Lipinski definition) is 4. The predicted molar refractivity (Wildman–Crippen MR) is 121 cm³/mol. The van der Waals surface area contributed by atoms with Gasteiger partial charge in [0.25, 0.3) is 5.91 Å². The van der Waals surface area contributed by atoms with Crippen molar-refractivity contribution in [2.75, 3.05) is 6.79 Å². The molecule has 1 aliphatic rings. The summed E-state index contributed by atoms with van der Waals surface area (Å²) in [4.78, 5) is 15.3. The van der Waals surface area contributed by atoms with Crippen LogP contribution in [0.4, 0.5) is 0 Å². The summed E-state index contributed by atoms with van der Waals surface area (Å²) in [6, 6.07) is 27.4. The molecule has 0 atom stereocenters. The second-order valence-electron chi connectivity index (χ2n) is 7.80. The molecular formula is C27H23NO4. The number of rotatable bonds is 6. The van der Waals surface area contributed by atoms with Gasteiger partial charge in [0.1, 0.15) is 11.5 Å². The normalized spacial score (nSPS) is 12.0. The molecule has 5 rings (SSSR count). The number of ether oxygens (including phenoxy) is 2. The van der Waals surface area contributed by atoms with Crippen molar-refractivity contribution in [2.45, 2.75) is 20.0 Å². The number of furan rings is 1. The Hall–Kier alpha value is -3.99. The minimum atomic E-state index is -0.0590. The van der Waals surface area contributed by atoms with Crippen molar-refractivity contribution >= 4 is 5.91 Å². The van der Waals surface area contributed by atoms with Crippen LogP contribution in [0.25, 0.3) is 11.1 Å². The zero-order valence-electron chi connectivity index (χ0n) is 17.8. The Morgan fingerprint density at radius 2 is 1.56 bits per heavy atom. The average Bonchev–Trinajstić information content (AvgIpc) is 3.47. The van der Waals surface area contributed by atoms with E-state index >= 15 is 0 Å². The number of amides is 1. The number of aryl methyl sites for hydroxylation is 1. The summed E-state index contributed by atoms with van der Waals surface area (Å²) in [6.07, 6.45) is 0. The number of benzene rings is 3. The highest BCUT2D eigenvalue weighted by Crippen LogP contribution is 2.33. The molecule has 3 aromatic carbocycles. The second kappa shape index (κ2) is 8.63. The van der Waals surface area contributed by atoms with Crippen LogP contribution in [0.15, 0.2) is 89.3 Å². The lowest BCUT2D eigenvalue weighted by Crippen LogP contribution is -2.30. The summed E-state index contributed by atoms with van der Waals surface area (Å²) in [5.41, 5.74) is 3.79. The van der Waals surface area contributed by atoms with Crippen LogP contribution in [-0.4, -0.2) is 17.6 Å². The largest absolute Gasteiger partial charge is 0.464 e. The average molecular weight is 425 g/mol. The molecule has 0 saturated heterocycles. The van der Waals surface area contributed by atoms with Crippen LogP contribution in [-0.2, 0) is 13.1 Å². The Balaban J connectivity index is 1.40. The van der Waals surface area contributed by atoms with E-state index in [0.717, 1.165) is 34.0 Å². The first-order valence-corrected chi connectivity index (χ1v) is 10.5. The third kappa shape index (κ3) is 4.23. The summed E-state index contributed by atoms with van der Waals surface area (Å²) in [7, 11) is 0. The fourth-order valence-corrected chi connectivity index (χ4v) is 3.84. The molecule has 0 spiro atoms. The monoisotopic (exact) mass is 425 g/mol. The van der Waals surface area contributed by atoms with Gasteiger partial charge >= 0.3 is 0 Å². The van der Waals surface area contributed by atoms with Crippen molar-refractivity contribution in [2.24, 2.45) is 0 Å². The molecule has 0 fully saturated rings. The number of carbonyl (C=O) groups is 1. The van der Waals surface area contributed by atoms with E-state index < -0.39 is 0 Å². The van der Waals surface area contributed by atoms with Gasteiger partial charge in [-0.05, 0) is 60.0 Å². The molecule has 1 aliphatic heterocycles. The molecule has 32 heavy (non-hydrogen) atoms. The van der Waals surface area contributed by atoms with Crippen molar-refractivity contribution in [1.82, 2.24) is 4.90 Å². The molecule has 0 radical (unpaired) electrons. The number of hydrogen-bond donors (Lipinski definition) is 0. The van der Waals surface area contributed by atoms with Gasteiger partial charge in [0, 0.05) is 12.1 Å². The third-order valence-corrected chi connectivity index (χ3v) is 5.48. The zero-order valence-corrected chi connectivity index (χ0v) is 17.8. The highest BCUT2D eigenvalue weighted by molar-refractivity contribution is 5.94. The molecule has 1 aromatic heterocycles. The highest BCUT2D eigenvalue weighted by atomic mass is 16.7. The Morgan fingerprint density at radius 1 is 0.812 bits per heavy atom. The number of carbonyl (C=O) groups excluding carboxylic acids is 1. The number of nitrogens with zero attached hydrogens (tertiary/aromatic N) is 1. The molecule has 0 saturated carbocycles. The lowest BCUT2D eigenvalue weighted by molar-refractivity contribution is 0.0717. The van der Waals surface area contributed by atoms with E-state index in [4.69, 9.17) is 13.9 Å². The highest BCUT2D eigenvalue weighted by Gasteiger charge is 2.20. The molecule has 0 N–H and O–H groups in total. The fraction of sp³-hybridized carbons (Fsp3) is 0.148. The quantitative estimate of drug-likeness (QED) is 0.390. The zero-order chi connectivity index (χ0) is 21.9. The SMILES string of the molecule is Cc1ccc(CN(Cc2ccc3c(c2)OCO3)C(=O)c2ccc(-c3ccccc3)cc2)o1. The van der Waals surface area contributed by atoms with Crippen molar-refractivity contribution in [1.29, 1.82) is 0 Å². The van der Waals surface area contributed by atoms with Gasteiger partial charge in [-0.2, -0.15) is 0 Å². The van der Waals surface area contributed by atoms with E-state index in [0.29, 0.717) is 24.4 Å². The van der Waals surface area contributed by atoms with E-state index in [-0.39, 0.29) is 12.7 Å². The Bertz CT molecular complexity index is 1230. The summed E-state index contributed by atoms with van der Waals surface area (Å²) in [5, 5.41) is 0. The first-order chi connectivity index (χ1) is 15.7. The van der Waals surface area contributed by atoms with Gasteiger partial charge in [0.15, 0.2) is 11.5 Å². The molecule has 1 amide bonds. The van der Waals surface area contributed by atoms with E-state index in [9.17, 15) is 4.79 Å². The maximum Gasteiger partial charge on any atom is 0.254 e. The molecular weight excluding hydrogens is 402 g/mol. The molecule has 5 nitrogen and oxygen atoms in total. The van der Waals surface area contributed by atoms with Gasteiger partial charge < -0.3 is 18.8 Å². The first-order valence-electron chi connectivity index (χ1n) is 10.5. The van der Waals surface area contributed by atoms with Gasteiger partial charge in [-0.1, -0.05) is 48.5 Å². The van der Waals surface area contributed by atoms with Crippen molar-refractivity contribution < 1.29 is 18.7 Å². The van der Waals surface area contributed by atoms with E-state index in [1.165, 1.54) is 0 Å². The lowest BCUT2D eigenvalue weighted by atomic mass is 10.0. The Labute approximate surface area is 186 Å². The standard InChI is InChI=1S/C27H23NO4/c1-19-7-13-24(32-19)17-28(16-20-8-14-25-26(15-20)31-18-30-25)27(29)23-11-9-22(10-12-23)21-5-3-2-4-6-21/h2-15H,16-18H2,1H3. The maximum atomic E-state index is 13.5. The smallest absolute Gasteiger partial charge is 0.254 e. The van der Waals surface area contributed by atoms with Crippen LogP contribution < -0.4 is 9.47 Å². The minimum Gasteiger partial charge on any atom is -0.464 e. The molecule has 2 heterocycles. The van der Waals surface area contributed by atoms with E-state index in [1.807, 2.05) is 79.7 Å². The van der Waals surface area contributed by atoms with Crippen LogP contribution >= 0.6 is 0 Å². The van der Waals surface area contributed by atoms with Gasteiger partial charge in [-0.3, -0.25) is 4.79 Å². The predicted octanol–water partition coefficient (Wildman–Crippen LogP) is 5.83. The van der Waals surface area contributed by atoms with Gasteiger partial charge in [-0.15, -0.1) is 0 Å². The second-order valence-corrected chi connectivity index (χ2v) is 7.80. The lowest BCUT2D eigenvalue weighted by Gasteiger charge is -2.22. The van der Waals surface area contributed by atoms with Crippen molar-refractivity contribution in [3.05, 3.63) is 108 Å². The molecule has 0 bridgehead atoms. The summed E-state index contributed by atoms with van der Waals surface area (Å²) < 4.78 is 16.7. The van der Waals surface area contributed by atoms with Crippen LogP contribution in [0.5, 0.6) is 11.5 Å². The molecule has 4 aromatic rings. The van der Waals surface area contributed by atoms with Gasteiger partial charge in [0.05, 0.1) is 6.54 Å². The van der Waals surface area contributed by atoms with Crippen molar-refractivity contribution in [3.8, 4) is 22.6 Å². The topological polar surface area (TPSA) is 51.9 Å². The molecule has 5 heteroatoms. The summed E-state index contributed by atoms with van der Waals surface area (Å²) >= 11 is 0. The van der Waals surface area contributed by atoms with Gasteiger partial charge in [0.2, 0.25) is 6.79 Å². The summed E-state index contributed by atoms with van der Waals surface area (Å²) in [5.74, 6) is 2.94. The molecule has 160 valence electrons. The van der Waals surface area contributed by atoms with Crippen LogP contribution in [0, 0.1) is 6.92 Å².